The Kier molecular flexibility index (Phi) is 9.09. The minimum atomic E-state index is 0.272. The van der Waals surface area contributed by atoms with E-state index < -0.39 is 0 Å². The van der Waals surface area contributed by atoms with Crippen molar-refractivity contribution in [3.05, 3.63) is 71.9 Å². The van der Waals surface area contributed by atoms with Crippen LogP contribution >= 0.6 is 11.8 Å². The molecule has 2 N–H and O–H groups in total. The molecule has 1 saturated heterocycles. The Balaban J connectivity index is 1.15. The second kappa shape index (κ2) is 12.4. The van der Waals surface area contributed by atoms with Crippen molar-refractivity contribution in [1.29, 1.82) is 0 Å². The number of piperazine rings is 1. The lowest BCUT2D eigenvalue weighted by molar-refractivity contribution is 0.114. The molecule has 1 heterocycles. The number of aliphatic hydroxyl groups excluding tert-OH is 1. The Morgan fingerprint density at radius 1 is 0.844 bits per heavy atom. The number of nitrogens with zero attached hydrogens (tertiary/aromatic N) is 2. The second-order valence-electron chi connectivity index (χ2n) is 8.92. The molecule has 0 atom stereocenters. The molecular weight excluding hydrogens is 414 g/mol. The number of benzene rings is 2. The summed E-state index contributed by atoms with van der Waals surface area (Å²) in [6, 6.07) is 19.8. The molecule has 1 aliphatic heterocycles. The standard InChI is InChI=1S/C27H37N3OS/c31-21-20-30-18-16-29(17-19-30)15-14-28-22-23-6-8-24(9-7-23)25-10-12-27(13-11-25)32-26-4-2-1-3-5-26/h1-5,10-13,22,24,28,31H,6-9,14-21H2. The van der Waals surface area contributed by atoms with Crippen LogP contribution in [0.3, 0.4) is 0 Å². The summed E-state index contributed by atoms with van der Waals surface area (Å²) in [7, 11) is 0. The van der Waals surface area contributed by atoms with E-state index in [-0.39, 0.29) is 6.61 Å². The highest BCUT2D eigenvalue weighted by Crippen LogP contribution is 2.36. The average Bonchev–Trinajstić information content (AvgIpc) is 2.85. The second-order valence-corrected chi connectivity index (χ2v) is 10.1. The predicted octanol–water partition coefficient (Wildman–Crippen LogP) is 4.58. The van der Waals surface area contributed by atoms with Crippen LogP contribution in [0.4, 0.5) is 0 Å². The van der Waals surface area contributed by atoms with Gasteiger partial charge in [-0.05, 0) is 67.6 Å². The van der Waals surface area contributed by atoms with Gasteiger partial charge in [0.15, 0.2) is 0 Å². The number of rotatable bonds is 9. The van der Waals surface area contributed by atoms with Gasteiger partial charge in [0, 0.05) is 55.6 Å². The smallest absolute Gasteiger partial charge is 0.0558 e. The molecule has 4 nitrogen and oxygen atoms in total. The third kappa shape index (κ3) is 7.11. The molecule has 2 aromatic rings. The van der Waals surface area contributed by atoms with Gasteiger partial charge >= 0.3 is 0 Å². The van der Waals surface area contributed by atoms with Crippen LogP contribution in [-0.2, 0) is 0 Å². The molecule has 1 saturated carbocycles. The number of allylic oxidation sites excluding steroid dienone is 1. The van der Waals surface area contributed by atoms with Crippen molar-refractivity contribution >= 4 is 11.8 Å². The molecule has 1 aliphatic carbocycles. The van der Waals surface area contributed by atoms with Gasteiger partial charge in [0.25, 0.3) is 0 Å². The summed E-state index contributed by atoms with van der Waals surface area (Å²) in [6.45, 7) is 7.60. The van der Waals surface area contributed by atoms with Gasteiger partial charge in [-0.15, -0.1) is 0 Å². The largest absolute Gasteiger partial charge is 0.395 e. The molecule has 2 fully saturated rings. The number of nitrogens with one attached hydrogen (secondary N) is 1. The molecule has 5 heteroatoms. The maximum atomic E-state index is 9.05. The van der Waals surface area contributed by atoms with Crippen LogP contribution in [0.5, 0.6) is 0 Å². The van der Waals surface area contributed by atoms with Crippen LogP contribution in [0.15, 0.2) is 76.2 Å². The Morgan fingerprint density at radius 2 is 1.47 bits per heavy atom. The zero-order chi connectivity index (χ0) is 22.0. The fourth-order valence-electron chi connectivity index (χ4n) is 4.72. The maximum absolute atomic E-state index is 9.05. The zero-order valence-electron chi connectivity index (χ0n) is 19.1. The topological polar surface area (TPSA) is 38.7 Å². The number of aliphatic hydroxyl groups is 1. The van der Waals surface area contributed by atoms with E-state index in [0.717, 1.165) is 45.8 Å². The third-order valence-electron chi connectivity index (χ3n) is 6.72. The molecule has 0 aromatic heterocycles. The van der Waals surface area contributed by atoms with E-state index in [1.807, 2.05) is 11.8 Å². The first-order chi connectivity index (χ1) is 15.8. The summed E-state index contributed by atoms with van der Waals surface area (Å²) in [5.41, 5.74) is 3.07. The van der Waals surface area contributed by atoms with Gasteiger partial charge in [-0.1, -0.05) is 47.7 Å². The van der Waals surface area contributed by atoms with Crippen molar-refractivity contribution in [3.8, 4) is 0 Å². The van der Waals surface area contributed by atoms with E-state index in [9.17, 15) is 0 Å². The monoisotopic (exact) mass is 451 g/mol. The van der Waals surface area contributed by atoms with Crippen LogP contribution in [0.25, 0.3) is 0 Å². The summed E-state index contributed by atoms with van der Waals surface area (Å²) in [5.74, 6) is 0.693. The van der Waals surface area contributed by atoms with E-state index in [1.54, 1.807) is 5.57 Å². The van der Waals surface area contributed by atoms with Crippen molar-refractivity contribution < 1.29 is 5.11 Å². The fraction of sp³-hybridized carbons (Fsp3) is 0.481. The molecule has 2 aromatic carbocycles. The molecule has 2 aliphatic rings. The highest BCUT2D eigenvalue weighted by Gasteiger charge is 2.19. The van der Waals surface area contributed by atoms with Crippen LogP contribution in [0, 0.1) is 0 Å². The number of hydrogen-bond acceptors (Lipinski definition) is 5. The van der Waals surface area contributed by atoms with Crippen molar-refractivity contribution in [3.63, 3.8) is 0 Å². The van der Waals surface area contributed by atoms with Gasteiger partial charge in [0.05, 0.1) is 6.61 Å². The first-order valence-corrected chi connectivity index (χ1v) is 12.9. The maximum Gasteiger partial charge on any atom is 0.0558 e. The summed E-state index contributed by atoms with van der Waals surface area (Å²) >= 11 is 1.83. The summed E-state index contributed by atoms with van der Waals surface area (Å²) in [6.07, 6.45) is 7.21. The Morgan fingerprint density at radius 3 is 2.12 bits per heavy atom. The molecule has 0 amide bonds. The highest BCUT2D eigenvalue weighted by atomic mass is 32.2. The number of β-amino-alcohol motifs (C(OH)–C–C–N with tert-alkyl or cyclic N) is 1. The molecule has 0 bridgehead atoms. The average molecular weight is 452 g/mol. The van der Waals surface area contributed by atoms with Crippen LogP contribution in [-0.4, -0.2) is 67.3 Å². The van der Waals surface area contributed by atoms with Crippen LogP contribution in [0.1, 0.15) is 37.2 Å². The molecule has 32 heavy (non-hydrogen) atoms. The highest BCUT2D eigenvalue weighted by molar-refractivity contribution is 7.99. The van der Waals surface area contributed by atoms with Gasteiger partial charge in [-0.3, -0.25) is 9.80 Å². The lowest BCUT2D eigenvalue weighted by Gasteiger charge is -2.34. The molecule has 0 radical (unpaired) electrons. The summed E-state index contributed by atoms with van der Waals surface area (Å²) < 4.78 is 0. The van der Waals surface area contributed by atoms with Gasteiger partial charge in [-0.25, -0.2) is 0 Å². The first-order valence-electron chi connectivity index (χ1n) is 12.1. The quantitative estimate of drug-likeness (QED) is 0.546. The number of hydrogen-bond donors (Lipinski definition) is 2. The van der Waals surface area contributed by atoms with Crippen molar-refractivity contribution in [2.45, 2.75) is 41.4 Å². The summed E-state index contributed by atoms with van der Waals surface area (Å²) in [5, 5.41) is 12.6. The Bertz CT molecular complexity index is 822. The van der Waals surface area contributed by atoms with E-state index in [1.165, 1.54) is 41.0 Å². The third-order valence-corrected chi connectivity index (χ3v) is 7.73. The Hall–Kier alpha value is -1.79. The lowest BCUT2D eigenvalue weighted by Crippen LogP contribution is -2.48. The van der Waals surface area contributed by atoms with E-state index in [0.29, 0.717) is 5.92 Å². The first kappa shape index (κ1) is 23.4. The predicted molar refractivity (Wildman–Crippen MR) is 134 cm³/mol. The molecule has 0 spiro atoms. The van der Waals surface area contributed by atoms with Gasteiger partial charge in [0.2, 0.25) is 0 Å². The minimum Gasteiger partial charge on any atom is -0.395 e. The van der Waals surface area contributed by atoms with E-state index in [2.05, 4.69) is 75.9 Å². The van der Waals surface area contributed by atoms with Gasteiger partial charge in [-0.2, -0.15) is 0 Å². The van der Waals surface area contributed by atoms with Crippen molar-refractivity contribution in [1.82, 2.24) is 15.1 Å². The normalized spacial score (nSPS) is 20.3. The van der Waals surface area contributed by atoms with Crippen LogP contribution in [0.2, 0.25) is 0 Å². The van der Waals surface area contributed by atoms with Crippen LogP contribution < -0.4 is 5.32 Å². The van der Waals surface area contributed by atoms with Crippen molar-refractivity contribution in [2.24, 2.45) is 0 Å². The molecule has 0 unspecified atom stereocenters. The van der Waals surface area contributed by atoms with Gasteiger partial charge < -0.3 is 10.4 Å². The fourth-order valence-corrected chi connectivity index (χ4v) is 5.55. The molecule has 4 rings (SSSR count). The zero-order valence-corrected chi connectivity index (χ0v) is 19.9. The molecular formula is C27H37N3OS. The minimum absolute atomic E-state index is 0.272. The summed E-state index contributed by atoms with van der Waals surface area (Å²) in [4.78, 5) is 7.48. The lowest BCUT2D eigenvalue weighted by atomic mass is 9.82. The SMILES string of the molecule is OCCN1CCN(CCNC=C2CCC(c3ccc(Sc4ccccc4)cc3)CC2)CC1. The van der Waals surface area contributed by atoms with E-state index >= 15 is 0 Å². The molecule has 172 valence electrons. The van der Waals surface area contributed by atoms with E-state index in [4.69, 9.17) is 5.11 Å². The Labute approximate surface area is 197 Å². The van der Waals surface area contributed by atoms with Gasteiger partial charge in [0.1, 0.15) is 0 Å². The van der Waals surface area contributed by atoms with Crippen molar-refractivity contribution in [2.75, 3.05) is 52.4 Å².